The van der Waals surface area contributed by atoms with Gasteiger partial charge in [0.2, 0.25) is 5.82 Å². The minimum atomic E-state index is -0.486. The van der Waals surface area contributed by atoms with E-state index in [0.29, 0.717) is 19.4 Å². The first-order valence-corrected chi connectivity index (χ1v) is 9.49. The van der Waals surface area contributed by atoms with Crippen molar-refractivity contribution in [1.29, 1.82) is 0 Å². The summed E-state index contributed by atoms with van der Waals surface area (Å²) in [6, 6.07) is 17.2. The number of fused-ring (bicyclic) bond motifs is 1. The largest absolute Gasteiger partial charge is 0.384 e. The van der Waals surface area contributed by atoms with Crippen LogP contribution in [0.1, 0.15) is 16.8 Å². The normalized spacial score (nSPS) is 11.0. The van der Waals surface area contributed by atoms with E-state index < -0.39 is 4.92 Å². The Bertz CT molecular complexity index is 1200. The van der Waals surface area contributed by atoms with Crippen molar-refractivity contribution in [3.63, 3.8) is 0 Å². The molecule has 8 heteroatoms. The van der Waals surface area contributed by atoms with Crippen molar-refractivity contribution in [1.82, 2.24) is 9.97 Å². The topological polar surface area (TPSA) is 110 Å². The number of aromatic nitrogens is 2. The maximum atomic E-state index is 13.2. The lowest BCUT2D eigenvalue weighted by Crippen LogP contribution is -2.10. The van der Waals surface area contributed by atoms with Crippen LogP contribution in [0.25, 0.3) is 10.9 Å². The first kappa shape index (κ1) is 19.4. The molecule has 2 aromatic heterocycles. The Hall–Kier alpha value is -3.94. The predicted molar refractivity (Wildman–Crippen MR) is 115 cm³/mol. The van der Waals surface area contributed by atoms with Gasteiger partial charge < -0.3 is 16.0 Å². The Labute approximate surface area is 171 Å². The van der Waals surface area contributed by atoms with Crippen molar-refractivity contribution in [2.75, 3.05) is 17.6 Å². The summed E-state index contributed by atoms with van der Waals surface area (Å²) in [4.78, 5) is 18.3. The van der Waals surface area contributed by atoms with Crippen LogP contribution in [0.4, 0.5) is 21.7 Å². The van der Waals surface area contributed by atoms with Gasteiger partial charge in [-0.05, 0) is 41.8 Å². The van der Waals surface area contributed by atoms with Crippen molar-refractivity contribution in [3.8, 4) is 0 Å². The summed E-state index contributed by atoms with van der Waals surface area (Å²) < 4.78 is 13.2. The molecule has 0 atom stereocenters. The molecule has 4 N–H and O–H groups in total. The lowest BCUT2D eigenvalue weighted by Gasteiger charge is -2.09. The molecule has 0 fully saturated rings. The van der Waals surface area contributed by atoms with Crippen LogP contribution >= 0.6 is 0 Å². The van der Waals surface area contributed by atoms with Gasteiger partial charge in [-0.3, -0.25) is 10.1 Å². The third-order valence-corrected chi connectivity index (χ3v) is 4.96. The minimum Gasteiger partial charge on any atom is -0.384 e. The van der Waals surface area contributed by atoms with Crippen LogP contribution in [0.2, 0.25) is 0 Å². The Morgan fingerprint density at radius 3 is 2.63 bits per heavy atom. The van der Waals surface area contributed by atoms with E-state index >= 15 is 0 Å². The van der Waals surface area contributed by atoms with Crippen molar-refractivity contribution < 1.29 is 9.31 Å². The van der Waals surface area contributed by atoms with Crippen LogP contribution in [0.15, 0.2) is 60.7 Å². The quantitative estimate of drug-likeness (QED) is 0.311. The average molecular weight is 405 g/mol. The van der Waals surface area contributed by atoms with Crippen LogP contribution in [-0.2, 0) is 12.8 Å². The molecule has 0 aliphatic heterocycles. The molecule has 0 aliphatic carbocycles. The van der Waals surface area contributed by atoms with E-state index in [4.69, 9.17) is 5.73 Å². The molecule has 0 radical (unpaired) electrons. The highest BCUT2D eigenvalue weighted by molar-refractivity contribution is 5.84. The Kier molecular flexibility index (Phi) is 5.30. The number of nitrogens with zero attached hydrogens (tertiary/aromatic N) is 2. The second-order valence-corrected chi connectivity index (χ2v) is 6.97. The Morgan fingerprint density at radius 2 is 1.87 bits per heavy atom. The first-order chi connectivity index (χ1) is 14.5. The molecular weight excluding hydrogens is 385 g/mol. The molecule has 0 amide bonds. The zero-order chi connectivity index (χ0) is 21.1. The number of hydrogen-bond donors (Lipinski definition) is 3. The third-order valence-electron chi connectivity index (χ3n) is 4.96. The number of rotatable bonds is 7. The van der Waals surface area contributed by atoms with Gasteiger partial charge in [0.1, 0.15) is 11.6 Å². The fourth-order valence-electron chi connectivity index (χ4n) is 3.55. The number of para-hydroxylation sites is 1. The SMILES string of the molecule is Nc1ccc([N+](=O)[O-])c(NCCc2c(Cc3ccc(F)cc3)[nH]c3ccccc23)n1. The number of nitrogen functional groups attached to an aromatic ring is 1. The molecule has 30 heavy (non-hydrogen) atoms. The summed E-state index contributed by atoms with van der Waals surface area (Å²) in [5.74, 6) is 0.100. The van der Waals surface area contributed by atoms with Crippen LogP contribution in [0, 0.1) is 15.9 Å². The highest BCUT2D eigenvalue weighted by Gasteiger charge is 2.16. The smallest absolute Gasteiger partial charge is 0.311 e. The van der Waals surface area contributed by atoms with Gasteiger partial charge in [-0.25, -0.2) is 9.37 Å². The molecule has 152 valence electrons. The van der Waals surface area contributed by atoms with E-state index in [0.717, 1.165) is 27.7 Å². The number of nitrogens with one attached hydrogen (secondary N) is 2. The zero-order valence-electron chi connectivity index (χ0n) is 16.1. The molecule has 4 rings (SSSR count). The van der Waals surface area contributed by atoms with Crippen molar-refractivity contribution in [2.24, 2.45) is 0 Å². The van der Waals surface area contributed by atoms with E-state index in [1.54, 1.807) is 12.1 Å². The molecule has 7 nitrogen and oxygen atoms in total. The van der Waals surface area contributed by atoms with E-state index in [-0.39, 0.29) is 23.1 Å². The molecular formula is C22H20FN5O2. The van der Waals surface area contributed by atoms with Gasteiger partial charge in [-0.1, -0.05) is 30.3 Å². The summed E-state index contributed by atoms with van der Waals surface area (Å²) >= 11 is 0. The number of halogens is 1. The fraction of sp³-hybridized carbons (Fsp3) is 0.136. The third kappa shape index (κ3) is 4.07. The summed E-state index contributed by atoms with van der Waals surface area (Å²) in [5.41, 5.74) is 9.70. The molecule has 2 aromatic carbocycles. The highest BCUT2D eigenvalue weighted by Crippen LogP contribution is 2.26. The van der Waals surface area contributed by atoms with Gasteiger partial charge in [-0.2, -0.15) is 0 Å². The molecule has 2 heterocycles. The molecule has 0 unspecified atom stereocenters. The van der Waals surface area contributed by atoms with Crippen molar-refractivity contribution in [3.05, 3.63) is 93.4 Å². The molecule has 4 aromatic rings. The first-order valence-electron chi connectivity index (χ1n) is 9.49. The van der Waals surface area contributed by atoms with Crippen LogP contribution in [0.3, 0.4) is 0 Å². The monoisotopic (exact) mass is 405 g/mol. The number of nitro groups is 1. The second-order valence-electron chi connectivity index (χ2n) is 6.97. The lowest BCUT2D eigenvalue weighted by atomic mass is 10.0. The molecule has 0 spiro atoms. The van der Waals surface area contributed by atoms with Gasteiger partial charge in [0.05, 0.1) is 4.92 Å². The summed E-state index contributed by atoms with van der Waals surface area (Å²) in [6.45, 7) is 0.440. The minimum absolute atomic E-state index is 0.116. The number of nitrogens with two attached hydrogens (primary N) is 1. The van der Waals surface area contributed by atoms with Gasteiger partial charge in [0.25, 0.3) is 0 Å². The summed E-state index contributed by atoms with van der Waals surface area (Å²) in [5, 5.41) is 15.4. The molecule has 0 bridgehead atoms. The standard InChI is InChI=1S/C22H20FN5O2/c23-15-7-5-14(6-8-15)13-19-17(16-3-1-2-4-18(16)26-19)11-12-25-22-20(28(29)30)9-10-21(24)27-22/h1-10,26H,11-13H2,(H3,24,25,27). The maximum Gasteiger partial charge on any atom is 0.311 e. The number of hydrogen-bond acceptors (Lipinski definition) is 5. The molecule has 0 saturated heterocycles. The van der Waals surface area contributed by atoms with Crippen LogP contribution in [0.5, 0.6) is 0 Å². The summed E-state index contributed by atoms with van der Waals surface area (Å²) in [7, 11) is 0. The van der Waals surface area contributed by atoms with E-state index in [1.165, 1.54) is 24.3 Å². The van der Waals surface area contributed by atoms with E-state index in [2.05, 4.69) is 15.3 Å². The number of benzene rings is 2. The van der Waals surface area contributed by atoms with Gasteiger partial charge in [0, 0.05) is 35.6 Å². The predicted octanol–water partition coefficient (Wildman–Crippen LogP) is 4.44. The maximum absolute atomic E-state index is 13.2. The Morgan fingerprint density at radius 1 is 1.10 bits per heavy atom. The summed E-state index contributed by atoms with van der Waals surface area (Å²) in [6.07, 6.45) is 1.25. The number of H-pyrrole nitrogens is 1. The average Bonchev–Trinajstić information content (AvgIpc) is 3.07. The van der Waals surface area contributed by atoms with Crippen molar-refractivity contribution in [2.45, 2.75) is 12.8 Å². The van der Waals surface area contributed by atoms with E-state index in [9.17, 15) is 14.5 Å². The van der Waals surface area contributed by atoms with Crippen LogP contribution < -0.4 is 11.1 Å². The van der Waals surface area contributed by atoms with E-state index in [1.807, 2.05) is 24.3 Å². The Balaban J connectivity index is 1.58. The fourth-order valence-corrected chi connectivity index (χ4v) is 3.55. The van der Waals surface area contributed by atoms with Gasteiger partial charge in [-0.15, -0.1) is 0 Å². The molecule has 0 saturated carbocycles. The van der Waals surface area contributed by atoms with Gasteiger partial charge >= 0.3 is 5.69 Å². The van der Waals surface area contributed by atoms with Gasteiger partial charge in [0.15, 0.2) is 0 Å². The second kappa shape index (κ2) is 8.20. The van der Waals surface area contributed by atoms with Crippen molar-refractivity contribution >= 4 is 28.2 Å². The number of anilines is 2. The highest BCUT2D eigenvalue weighted by atomic mass is 19.1. The molecule has 0 aliphatic rings. The van der Waals surface area contributed by atoms with Crippen LogP contribution in [-0.4, -0.2) is 21.4 Å². The number of aromatic amines is 1. The zero-order valence-corrected chi connectivity index (χ0v) is 16.1. The number of pyridine rings is 1. The lowest BCUT2D eigenvalue weighted by molar-refractivity contribution is -0.384.